The van der Waals surface area contributed by atoms with Gasteiger partial charge in [-0.15, -0.1) is 0 Å². The molecule has 0 spiro atoms. The summed E-state index contributed by atoms with van der Waals surface area (Å²) in [6.07, 6.45) is -1.18. The van der Waals surface area contributed by atoms with Crippen LogP contribution in [-0.4, -0.2) is 26.7 Å². The Hall–Kier alpha value is -0.340. The van der Waals surface area contributed by atoms with E-state index in [1.807, 2.05) is 0 Å². The first-order valence-corrected chi connectivity index (χ1v) is 4.84. The minimum absolute atomic E-state index is 0.314. The first-order chi connectivity index (χ1) is 5.70. The van der Waals surface area contributed by atoms with E-state index in [1.165, 1.54) is 6.92 Å². The van der Waals surface area contributed by atoms with Crippen molar-refractivity contribution in [3.05, 3.63) is 0 Å². The van der Waals surface area contributed by atoms with E-state index in [4.69, 9.17) is 0 Å². The van der Waals surface area contributed by atoms with Crippen LogP contribution in [0.5, 0.6) is 0 Å². The van der Waals surface area contributed by atoms with Gasteiger partial charge in [-0.25, -0.2) is 4.18 Å². The van der Waals surface area contributed by atoms with E-state index in [2.05, 4.69) is 9.50 Å². The summed E-state index contributed by atoms with van der Waals surface area (Å²) in [6, 6.07) is 0. The fourth-order valence-corrected chi connectivity index (χ4v) is 1.12. The van der Waals surface area contributed by atoms with Crippen molar-refractivity contribution in [1.82, 2.24) is 5.32 Å². The van der Waals surface area contributed by atoms with Gasteiger partial charge in [-0.2, -0.15) is 21.6 Å². The van der Waals surface area contributed by atoms with Crippen molar-refractivity contribution in [3.8, 4) is 0 Å². The second-order valence-corrected chi connectivity index (χ2v) is 3.76. The number of rotatable bonds is 4. The van der Waals surface area contributed by atoms with Gasteiger partial charge >= 0.3 is 15.6 Å². The van der Waals surface area contributed by atoms with Crippen molar-refractivity contribution in [2.75, 3.05) is 6.54 Å². The molecule has 1 N–H and O–H groups in total. The largest absolute Gasteiger partial charge is 0.523 e. The zero-order valence-electron chi connectivity index (χ0n) is 7.05. The van der Waals surface area contributed by atoms with Gasteiger partial charge in [0.2, 0.25) is 0 Å². The Kier molecular flexibility index (Phi) is 4.14. The molecule has 0 aliphatic heterocycles. The molecule has 8 heteroatoms. The molecule has 80 valence electrons. The smallest absolute Gasteiger partial charge is 0.291 e. The summed E-state index contributed by atoms with van der Waals surface area (Å²) in [5, 5.41) is 2.37. The minimum atomic E-state index is -5.48. The standard InChI is InChI=1S/C5H10F3NO3S/c1-3-9-4(2)12-13(10,11)5(6,7)8/h4,9H,3H2,1-2H3. The first-order valence-electron chi connectivity index (χ1n) is 3.43. The molecule has 13 heavy (non-hydrogen) atoms. The molecule has 1 unspecified atom stereocenters. The van der Waals surface area contributed by atoms with E-state index in [0.717, 1.165) is 0 Å². The Morgan fingerprint density at radius 2 is 1.92 bits per heavy atom. The number of nitrogens with one attached hydrogen (secondary N) is 1. The topological polar surface area (TPSA) is 55.4 Å². The van der Waals surface area contributed by atoms with E-state index in [-0.39, 0.29) is 0 Å². The average molecular weight is 221 g/mol. The van der Waals surface area contributed by atoms with Crippen LogP contribution in [0.15, 0.2) is 0 Å². The molecule has 0 amide bonds. The highest BCUT2D eigenvalue weighted by Gasteiger charge is 2.48. The van der Waals surface area contributed by atoms with Crippen molar-refractivity contribution < 1.29 is 25.8 Å². The SMILES string of the molecule is CCNC(C)OS(=O)(=O)C(F)(F)F. The summed E-state index contributed by atoms with van der Waals surface area (Å²) >= 11 is 0. The zero-order chi connectivity index (χ0) is 10.7. The zero-order valence-corrected chi connectivity index (χ0v) is 7.87. The molecular weight excluding hydrogens is 211 g/mol. The van der Waals surface area contributed by atoms with E-state index in [1.54, 1.807) is 6.92 Å². The van der Waals surface area contributed by atoms with Crippen LogP contribution in [-0.2, 0) is 14.3 Å². The Morgan fingerprint density at radius 1 is 1.46 bits per heavy atom. The highest BCUT2D eigenvalue weighted by atomic mass is 32.2. The van der Waals surface area contributed by atoms with Crippen molar-refractivity contribution in [1.29, 1.82) is 0 Å². The number of alkyl halides is 3. The molecule has 0 rings (SSSR count). The van der Waals surface area contributed by atoms with Gasteiger partial charge < -0.3 is 0 Å². The minimum Gasteiger partial charge on any atom is -0.291 e. The lowest BCUT2D eigenvalue weighted by Crippen LogP contribution is -2.36. The molecule has 0 aliphatic rings. The molecule has 0 radical (unpaired) electrons. The highest BCUT2D eigenvalue weighted by Crippen LogP contribution is 2.25. The van der Waals surface area contributed by atoms with Crippen LogP contribution in [0.2, 0.25) is 0 Å². The van der Waals surface area contributed by atoms with E-state index >= 15 is 0 Å². The third-order valence-electron chi connectivity index (χ3n) is 1.05. The third kappa shape index (κ3) is 3.92. The molecule has 0 saturated carbocycles. The first kappa shape index (κ1) is 12.7. The molecule has 4 nitrogen and oxygen atoms in total. The second kappa shape index (κ2) is 4.25. The summed E-state index contributed by atoms with van der Waals surface area (Å²) in [5.74, 6) is 0. The molecule has 0 aromatic heterocycles. The Morgan fingerprint density at radius 3 is 2.23 bits per heavy atom. The van der Waals surface area contributed by atoms with E-state index in [9.17, 15) is 21.6 Å². The third-order valence-corrected chi connectivity index (χ3v) is 2.16. The predicted octanol–water partition coefficient (Wildman–Crippen LogP) is 0.808. The summed E-state index contributed by atoms with van der Waals surface area (Å²) in [6.45, 7) is 3.10. The lowest BCUT2D eigenvalue weighted by atomic mass is 10.6. The maximum atomic E-state index is 11.7. The number of halogens is 3. The van der Waals surface area contributed by atoms with Gasteiger partial charge in [0, 0.05) is 0 Å². The molecule has 0 aliphatic carbocycles. The predicted molar refractivity (Wildman–Crippen MR) is 39.2 cm³/mol. The van der Waals surface area contributed by atoms with Crippen LogP contribution in [0.4, 0.5) is 13.2 Å². The van der Waals surface area contributed by atoms with Crippen LogP contribution in [0.25, 0.3) is 0 Å². The fraction of sp³-hybridized carbons (Fsp3) is 1.00. The van der Waals surface area contributed by atoms with Crippen molar-refractivity contribution in [3.63, 3.8) is 0 Å². The maximum Gasteiger partial charge on any atom is 0.523 e. The Balaban J connectivity index is 4.36. The van der Waals surface area contributed by atoms with Crippen LogP contribution in [0.1, 0.15) is 13.8 Å². The van der Waals surface area contributed by atoms with Gasteiger partial charge in [0.1, 0.15) is 6.23 Å². The Bertz CT molecular complexity index is 248. The van der Waals surface area contributed by atoms with Gasteiger partial charge in [-0.05, 0) is 13.5 Å². The molecule has 0 heterocycles. The van der Waals surface area contributed by atoms with Crippen molar-refractivity contribution in [2.24, 2.45) is 0 Å². The lowest BCUT2D eigenvalue weighted by Gasteiger charge is -2.14. The van der Waals surface area contributed by atoms with Crippen LogP contribution >= 0.6 is 0 Å². The summed E-state index contributed by atoms with van der Waals surface area (Å²) in [7, 11) is -5.48. The normalized spacial score (nSPS) is 15.8. The fourth-order valence-electron chi connectivity index (χ4n) is 0.566. The molecular formula is C5H10F3NO3S. The van der Waals surface area contributed by atoms with E-state index < -0.39 is 21.9 Å². The average Bonchev–Trinajstić information content (AvgIpc) is 1.83. The van der Waals surface area contributed by atoms with Crippen LogP contribution < -0.4 is 5.32 Å². The molecule has 0 aromatic carbocycles. The maximum absolute atomic E-state index is 11.7. The molecule has 1 atom stereocenters. The summed E-state index contributed by atoms with van der Waals surface area (Å²) in [4.78, 5) is 0. The molecule has 0 fully saturated rings. The van der Waals surface area contributed by atoms with Gasteiger partial charge in [0.15, 0.2) is 0 Å². The highest BCUT2D eigenvalue weighted by molar-refractivity contribution is 7.87. The van der Waals surface area contributed by atoms with Crippen molar-refractivity contribution in [2.45, 2.75) is 25.6 Å². The number of hydrogen-bond acceptors (Lipinski definition) is 4. The van der Waals surface area contributed by atoms with Gasteiger partial charge in [0.05, 0.1) is 0 Å². The van der Waals surface area contributed by atoms with Gasteiger partial charge in [0.25, 0.3) is 0 Å². The monoisotopic (exact) mass is 221 g/mol. The van der Waals surface area contributed by atoms with E-state index in [0.29, 0.717) is 6.54 Å². The summed E-state index contributed by atoms with van der Waals surface area (Å²) < 4.78 is 59.6. The Labute approximate surface area is 74.2 Å². The number of hydrogen-bond donors (Lipinski definition) is 1. The van der Waals surface area contributed by atoms with Crippen molar-refractivity contribution >= 4 is 10.1 Å². The molecule has 0 saturated heterocycles. The van der Waals surface area contributed by atoms with Gasteiger partial charge in [-0.3, -0.25) is 5.32 Å². The second-order valence-electron chi connectivity index (χ2n) is 2.20. The summed E-state index contributed by atoms with van der Waals surface area (Å²) in [5.41, 5.74) is -5.36. The lowest BCUT2D eigenvalue weighted by molar-refractivity contribution is -0.0578. The molecule has 0 bridgehead atoms. The van der Waals surface area contributed by atoms with Gasteiger partial charge in [-0.1, -0.05) is 6.92 Å². The van der Waals surface area contributed by atoms with Crippen LogP contribution in [0, 0.1) is 0 Å². The van der Waals surface area contributed by atoms with Crippen LogP contribution in [0.3, 0.4) is 0 Å². The quantitative estimate of drug-likeness (QED) is 0.433. The molecule has 0 aromatic rings.